The Hall–Kier alpha value is 0.0800. The number of rotatable bonds is 6. The van der Waals surface area contributed by atoms with Crippen LogP contribution < -0.4 is 5.73 Å². The lowest BCUT2D eigenvalue weighted by Crippen LogP contribution is -2.49. The number of nitrogens with two attached hydrogens (primary N) is 1. The average Bonchev–Trinajstić information content (AvgIpc) is 2.24. The van der Waals surface area contributed by atoms with Crippen molar-refractivity contribution >= 4 is 22.4 Å². The van der Waals surface area contributed by atoms with Gasteiger partial charge in [0.1, 0.15) is 0 Å². The van der Waals surface area contributed by atoms with Crippen molar-refractivity contribution in [1.82, 2.24) is 9.21 Å². The largest absolute Gasteiger partial charge is 0.379 e. The van der Waals surface area contributed by atoms with Crippen molar-refractivity contribution in [2.24, 2.45) is 5.73 Å². The van der Waals surface area contributed by atoms with Crippen LogP contribution in [0.15, 0.2) is 0 Å². The topological polar surface area (TPSA) is 75.9 Å². The van der Waals surface area contributed by atoms with Crippen LogP contribution in [0, 0.1) is 0 Å². The molecule has 17 heavy (non-hydrogen) atoms. The number of nitrogens with zero attached hydrogens (tertiary/aromatic N) is 2. The molecular weight excluding hydrogens is 266 g/mol. The van der Waals surface area contributed by atoms with E-state index in [1.165, 1.54) is 10.6 Å². The van der Waals surface area contributed by atoms with E-state index in [-0.39, 0.29) is 12.4 Å². The lowest BCUT2D eigenvalue weighted by molar-refractivity contribution is 0.0948. The minimum atomic E-state index is -3.02. The SMILES string of the molecule is CS(=O)(=O)N1CCN(CCOCCN)CC1.Cl. The summed E-state index contributed by atoms with van der Waals surface area (Å²) in [5, 5.41) is 0. The van der Waals surface area contributed by atoms with Crippen LogP contribution in [0.3, 0.4) is 0 Å². The molecule has 0 amide bonds. The molecule has 0 aliphatic carbocycles. The summed E-state index contributed by atoms with van der Waals surface area (Å²) >= 11 is 0. The normalized spacial score (nSPS) is 18.9. The number of ether oxygens (including phenoxy) is 1. The van der Waals surface area contributed by atoms with Gasteiger partial charge >= 0.3 is 0 Å². The highest BCUT2D eigenvalue weighted by Crippen LogP contribution is 2.05. The maximum atomic E-state index is 11.3. The van der Waals surface area contributed by atoms with E-state index in [1.54, 1.807) is 0 Å². The van der Waals surface area contributed by atoms with Crippen molar-refractivity contribution in [2.45, 2.75) is 0 Å². The zero-order valence-electron chi connectivity index (χ0n) is 10.2. The Morgan fingerprint density at radius 3 is 2.24 bits per heavy atom. The van der Waals surface area contributed by atoms with Gasteiger partial charge in [0.05, 0.1) is 19.5 Å². The van der Waals surface area contributed by atoms with Crippen LogP contribution in [0.1, 0.15) is 0 Å². The molecular formula is C9H22ClN3O3S. The molecule has 104 valence electrons. The van der Waals surface area contributed by atoms with Gasteiger partial charge in [0.15, 0.2) is 0 Å². The average molecular weight is 288 g/mol. The molecule has 8 heteroatoms. The Balaban J connectivity index is 0.00000256. The van der Waals surface area contributed by atoms with E-state index in [4.69, 9.17) is 10.5 Å². The third-order valence-electron chi connectivity index (χ3n) is 2.61. The second kappa shape index (κ2) is 8.23. The highest BCUT2D eigenvalue weighted by Gasteiger charge is 2.22. The smallest absolute Gasteiger partial charge is 0.211 e. The molecule has 0 saturated carbocycles. The summed E-state index contributed by atoms with van der Waals surface area (Å²) in [7, 11) is -3.02. The number of piperazine rings is 1. The fourth-order valence-electron chi connectivity index (χ4n) is 1.66. The van der Waals surface area contributed by atoms with Gasteiger partial charge in [-0.05, 0) is 0 Å². The molecule has 1 aliphatic heterocycles. The summed E-state index contributed by atoms with van der Waals surface area (Å²) in [6.45, 7) is 5.35. The zero-order chi connectivity index (χ0) is 12.0. The molecule has 6 nitrogen and oxygen atoms in total. The standard InChI is InChI=1S/C9H21N3O3S.ClH/c1-16(13,14)12-5-3-11(4-6-12)7-9-15-8-2-10;/h2-10H2,1H3;1H. The lowest BCUT2D eigenvalue weighted by atomic mass is 10.3. The van der Waals surface area contributed by atoms with E-state index >= 15 is 0 Å². The molecule has 0 aromatic rings. The Morgan fingerprint density at radius 2 is 1.76 bits per heavy atom. The van der Waals surface area contributed by atoms with Gasteiger partial charge in [0.25, 0.3) is 0 Å². The van der Waals surface area contributed by atoms with E-state index in [1.807, 2.05) is 0 Å². The molecule has 0 bridgehead atoms. The number of sulfonamides is 1. The molecule has 0 unspecified atom stereocenters. The Morgan fingerprint density at radius 1 is 1.18 bits per heavy atom. The highest BCUT2D eigenvalue weighted by atomic mass is 35.5. The lowest BCUT2D eigenvalue weighted by Gasteiger charge is -2.33. The van der Waals surface area contributed by atoms with E-state index in [0.717, 1.165) is 19.6 Å². The van der Waals surface area contributed by atoms with E-state index in [9.17, 15) is 8.42 Å². The van der Waals surface area contributed by atoms with Gasteiger partial charge in [0, 0.05) is 39.3 Å². The summed E-state index contributed by atoms with van der Waals surface area (Å²) in [6, 6.07) is 0. The van der Waals surface area contributed by atoms with Crippen molar-refractivity contribution in [3.8, 4) is 0 Å². The zero-order valence-corrected chi connectivity index (χ0v) is 11.8. The first-order valence-corrected chi connectivity index (χ1v) is 7.34. The van der Waals surface area contributed by atoms with Gasteiger partial charge < -0.3 is 10.5 Å². The van der Waals surface area contributed by atoms with Gasteiger partial charge in [-0.1, -0.05) is 0 Å². The summed E-state index contributed by atoms with van der Waals surface area (Å²) in [5.41, 5.74) is 5.30. The van der Waals surface area contributed by atoms with Gasteiger partial charge in [-0.2, -0.15) is 4.31 Å². The molecule has 1 saturated heterocycles. The van der Waals surface area contributed by atoms with Crippen molar-refractivity contribution < 1.29 is 13.2 Å². The first-order chi connectivity index (χ1) is 7.54. The van der Waals surface area contributed by atoms with Crippen molar-refractivity contribution in [2.75, 3.05) is 58.7 Å². The van der Waals surface area contributed by atoms with E-state index in [0.29, 0.717) is 32.8 Å². The highest BCUT2D eigenvalue weighted by molar-refractivity contribution is 7.88. The van der Waals surface area contributed by atoms with E-state index in [2.05, 4.69) is 4.90 Å². The molecule has 0 radical (unpaired) electrons. The molecule has 1 rings (SSSR count). The molecule has 1 aliphatic rings. The summed E-state index contributed by atoms with van der Waals surface area (Å²) < 4.78 is 29.3. The first-order valence-electron chi connectivity index (χ1n) is 5.49. The van der Waals surface area contributed by atoms with E-state index < -0.39 is 10.0 Å². The van der Waals surface area contributed by atoms with Gasteiger partial charge in [-0.25, -0.2) is 8.42 Å². The third-order valence-corrected chi connectivity index (χ3v) is 3.92. The van der Waals surface area contributed by atoms with Crippen LogP contribution in [0.25, 0.3) is 0 Å². The summed E-state index contributed by atoms with van der Waals surface area (Å²) in [5.74, 6) is 0. The van der Waals surface area contributed by atoms with Crippen molar-refractivity contribution in [3.05, 3.63) is 0 Å². The number of halogens is 1. The fraction of sp³-hybridized carbons (Fsp3) is 1.00. The maximum Gasteiger partial charge on any atom is 0.211 e. The second-order valence-electron chi connectivity index (χ2n) is 3.90. The predicted octanol–water partition coefficient (Wildman–Crippen LogP) is -1.04. The van der Waals surface area contributed by atoms with Crippen molar-refractivity contribution in [3.63, 3.8) is 0 Å². The Kier molecular flexibility index (Phi) is 8.27. The predicted molar refractivity (Wildman–Crippen MR) is 70.0 cm³/mol. The molecule has 0 spiro atoms. The quantitative estimate of drug-likeness (QED) is 0.632. The van der Waals surface area contributed by atoms with Gasteiger partial charge in [0.2, 0.25) is 10.0 Å². The Bertz CT molecular complexity index is 292. The molecule has 0 aromatic heterocycles. The van der Waals surface area contributed by atoms with Crippen LogP contribution in [0.4, 0.5) is 0 Å². The maximum absolute atomic E-state index is 11.3. The van der Waals surface area contributed by atoms with Crippen LogP contribution in [-0.2, 0) is 14.8 Å². The molecule has 1 heterocycles. The van der Waals surface area contributed by atoms with Gasteiger partial charge in [-0.15, -0.1) is 12.4 Å². The third kappa shape index (κ3) is 6.54. The minimum absolute atomic E-state index is 0. The molecule has 0 aromatic carbocycles. The second-order valence-corrected chi connectivity index (χ2v) is 5.89. The first kappa shape index (κ1) is 17.1. The Labute approximate surface area is 110 Å². The van der Waals surface area contributed by atoms with Crippen LogP contribution >= 0.6 is 12.4 Å². The van der Waals surface area contributed by atoms with Crippen LogP contribution in [0.5, 0.6) is 0 Å². The summed E-state index contributed by atoms with van der Waals surface area (Å²) in [6.07, 6.45) is 1.26. The number of hydrogen-bond acceptors (Lipinski definition) is 5. The summed E-state index contributed by atoms with van der Waals surface area (Å²) in [4.78, 5) is 2.21. The fourth-order valence-corrected chi connectivity index (χ4v) is 2.49. The molecule has 2 N–H and O–H groups in total. The van der Waals surface area contributed by atoms with Gasteiger partial charge in [-0.3, -0.25) is 4.90 Å². The molecule has 0 atom stereocenters. The molecule has 1 fully saturated rings. The monoisotopic (exact) mass is 287 g/mol. The van der Waals surface area contributed by atoms with Crippen LogP contribution in [0.2, 0.25) is 0 Å². The number of hydrogen-bond donors (Lipinski definition) is 1. The van der Waals surface area contributed by atoms with Crippen molar-refractivity contribution in [1.29, 1.82) is 0 Å². The minimum Gasteiger partial charge on any atom is -0.379 e. The van der Waals surface area contributed by atoms with Crippen LogP contribution in [-0.4, -0.2) is 76.4 Å².